The fourth-order valence-electron chi connectivity index (χ4n) is 6.68. The van der Waals surface area contributed by atoms with E-state index in [1.54, 1.807) is 16.7 Å². The van der Waals surface area contributed by atoms with E-state index in [-0.39, 0.29) is 0 Å². The molecule has 0 radical (unpaired) electrons. The minimum atomic E-state index is 0.426. The number of benzene rings is 1. The zero-order chi connectivity index (χ0) is 19.6. The van der Waals surface area contributed by atoms with Crippen molar-refractivity contribution in [3.63, 3.8) is 0 Å². The van der Waals surface area contributed by atoms with Gasteiger partial charge in [-0.15, -0.1) is 0 Å². The third kappa shape index (κ3) is 3.71. The summed E-state index contributed by atoms with van der Waals surface area (Å²) >= 11 is 0. The van der Waals surface area contributed by atoms with Crippen molar-refractivity contribution in [2.45, 2.75) is 65.2 Å². The first-order valence-corrected chi connectivity index (χ1v) is 11.7. The van der Waals surface area contributed by atoms with Crippen molar-refractivity contribution in [3.05, 3.63) is 47.0 Å². The number of aryl methyl sites for hydroxylation is 1. The smallest absolute Gasteiger partial charge is 0.0650 e. The Morgan fingerprint density at radius 3 is 2.75 bits per heavy atom. The summed E-state index contributed by atoms with van der Waals surface area (Å²) < 4.78 is 5.99. The maximum atomic E-state index is 5.99. The largest absolute Gasteiger partial charge is 0.376 e. The van der Waals surface area contributed by atoms with Gasteiger partial charge in [-0.25, -0.2) is 0 Å². The predicted molar refractivity (Wildman–Crippen MR) is 118 cm³/mol. The summed E-state index contributed by atoms with van der Waals surface area (Å²) in [4.78, 5) is 2.43. The van der Waals surface area contributed by atoms with Crippen molar-refractivity contribution < 1.29 is 4.74 Å². The molecule has 4 rings (SSSR count). The minimum absolute atomic E-state index is 0.426. The molecule has 4 atom stereocenters. The summed E-state index contributed by atoms with van der Waals surface area (Å²) in [6.07, 6.45) is 10.6. The van der Waals surface area contributed by atoms with E-state index in [0.29, 0.717) is 5.41 Å². The van der Waals surface area contributed by atoms with Crippen LogP contribution in [0.1, 0.15) is 69.9 Å². The number of hydrogen-bond donors (Lipinski definition) is 0. The first-order valence-electron chi connectivity index (χ1n) is 11.7. The molecule has 0 saturated heterocycles. The SMILES string of the molecule is CCN(CC)CCOC/C=C1\CCC2C3CCc4ccccc4C3CCC12C. The highest BCUT2D eigenvalue weighted by Gasteiger charge is 2.52. The third-order valence-electron chi connectivity index (χ3n) is 8.38. The Bertz CT molecular complexity index is 691. The van der Waals surface area contributed by atoms with Gasteiger partial charge in [-0.2, -0.15) is 0 Å². The normalized spacial score (nSPS) is 33.0. The van der Waals surface area contributed by atoms with E-state index < -0.39 is 0 Å². The maximum Gasteiger partial charge on any atom is 0.0650 e. The Morgan fingerprint density at radius 2 is 1.93 bits per heavy atom. The molecule has 1 aromatic rings. The van der Waals surface area contributed by atoms with Gasteiger partial charge < -0.3 is 9.64 Å². The highest BCUT2D eigenvalue weighted by atomic mass is 16.5. The molecular formula is C26H39NO. The molecule has 4 unspecified atom stereocenters. The quantitative estimate of drug-likeness (QED) is 0.435. The fraction of sp³-hybridized carbons (Fsp3) is 0.692. The molecule has 0 bridgehead atoms. The van der Waals surface area contributed by atoms with Crippen LogP contribution in [-0.4, -0.2) is 37.7 Å². The molecule has 28 heavy (non-hydrogen) atoms. The van der Waals surface area contributed by atoms with Crippen LogP contribution in [0, 0.1) is 17.3 Å². The van der Waals surface area contributed by atoms with Crippen LogP contribution in [-0.2, 0) is 11.2 Å². The van der Waals surface area contributed by atoms with Gasteiger partial charge in [-0.3, -0.25) is 0 Å². The van der Waals surface area contributed by atoms with Crippen molar-refractivity contribution in [1.82, 2.24) is 4.90 Å². The first-order chi connectivity index (χ1) is 13.7. The highest BCUT2D eigenvalue weighted by molar-refractivity contribution is 5.36. The Hall–Kier alpha value is -1.12. The Labute approximate surface area is 172 Å². The zero-order valence-electron chi connectivity index (χ0n) is 18.3. The number of allylic oxidation sites excluding steroid dienone is 1. The number of nitrogens with zero attached hydrogens (tertiary/aromatic N) is 1. The summed E-state index contributed by atoms with van der Waals surface area (Å²) in [7, 11) is 0. The Balaban J connectivity index is 1.39. The van der Waals surface area contributed by atoms with Gasteiger partial charge in [0.2, 0.25) is 0 Å². The van der Waals surface area contributed by atoms with E-state index >= 15 is 0 Å². The summed E-state index contributed by atoms with van der Waals surface area (Å²) in [5.74, 6) is 2.58. The predicted octanol–water partition coefficient (Wildman–Crippen LogP) is 5.83. The number of fused-ring (bicyclic) bond motifs is 5. The number of ether oxygens (including phenoxy) is 1. The average Bonchev–Trinajstić information content (AvgIpc) is 3.07. The van der Waals surface area contributed by atoms with Gasteiger partial charge in [-0.05, 0) is 85.9 Å². The molecule has 2 fully saturated rings. The molecule has 0 heterocycles. The molecule has 1 aromatic carbocycles. The van der Waals surface area contributed by atoms with Crippen LogP contribution in [0.5, 0.6) is 0 Å². The highest BCUT2D eigenvalue weighted by Crippen LogP contribution is 2.62. The molecule has 154 valence electrons. The molecular weight excluding hydrogens is 342 g/mol. The standard InChI is InChI=1S/C26H39NO/c1-4-27(5-2)17-19-28-18-15-21-11-13-25-24-12-10-20-8-6-7-9-22(20)23(24)14-16-26(21,25)3/h6-9,15,23-25H,4-5,10-14,16-19H2,1-3H3/b21-15+. The summed E-state index contributed by atoms with van der Waals surface area (Å²) in [6, 6.07) is 9.27. The van der Waals surface area contributed by atoms with Gasteiger partial charge in [0.15, 0.2) is 0 Å². The van der Waals surface area contributed by atoms with Crippen molar-refractivity contribution in [3.8, 4) is 0 Å². The summed E-state index contributed by atoms with van der Waals surface area (Å²) in [5.41, 5.74) is 5.44. The van der Waals surface area contributed by atoms with Gasteiger partial charge in [0.1, 0.15) is 0 Å². The Morgan fingerprint density at radius 1 is 1.11 bits per heavy atom. The number of likely N-dealkylation sites (N-methyl/N-ethyl adjacent to an activating group) is 1. The van der Waals surface area contributed by atoms with Crippen LogP contribution >= 0.6 is 0 Å². The molecule has 3 aliphatic carbocycles. The summed E-state index contributed by atoms with van der Waals surface area (Å²) in [6.45, 7) is 12.0. The molecule has 0 N–H and O–H groups in total. The molecule has 2 heteroatoms. The summed E-state index contributed by atoms with van der Waals surface area (Å²) in [5, 5.41) is 0. The Kier molecular flexibility index (Phi) is 6.27. The van der Waals surface area contributed by atoms with Crippen LogP contribution in [0.3, 0.4) is 0 Å². The van der Waals surface area contributed by atoms with Crippen LogP contribution in [0.2, 0.25) is 0 Å². The van der Waals surface area contributed by atoms with Gasteiger partial charge in [0.25, 0.3) is 0 Å². The van der Waals surface area contributed by atoms with E-state index in [9.17, 15) is 0 Å². The van der Waals surface area contributed by atoms with Crippen LogP contribution in [0.25, 0.3) is 0 Å². The average molecular weight is 382 g/mol. The van der Waals surface area contributed by atoms with Crippen molar-refractivity contribution in [1.29, 1.82) is 0 Å². The van der Waals surface area contributed by atoms with Crippen LogP contribution in [0.4, 0.5) is 0 Å². The van der Waals surface area contributed by atoms with Crippen LogP contribution in [0.15, 0.2) is 35.9 Å². The second kappa shape index (κ2) is 8.71. The molecule has 3 aliphatic rings. The van der Waals surface area contributed by atoms with Crippen LogP contribution < -0.4 is 0 Å². The lowest BCUT2D eigenvalue weighted by Gasteiger charge is -2.49. The van der Waals surface area contributed by atoms with Gasteiger partial charge >= 0.3 is 0 Å². The van der Waals surface area contributed by atoms with Crippen molar-refractivity contribution >= 4 is 0 Å². The second-order valence-electron chi connectivity index (χ2n) is 9.44. The topological polar surface area (TPSA) is 12.5 Å². The number of hydrogen-bond acceptors (Lipinski definition) is 2. The lowest BCUT2D eigenvalue weighted by molar-refractivity contribution is 0.0800. The van der Waals surface area contributed by atoms with Crippen molar-refractivity contribution in [2.75, 3.05) is 32.8 Å². The van der Waals surface area contributed by atoms with E-state index in [0.717, 1.165) is 50.6 Å². The number of rotatable bonds is 7. The molecule has 0 aliphatic heterocycles. The molecule has 2 saturated carbocycles. The van der Waals surface area contributed by atoms with E-state index in [2.05, 4.69) is 56.0 Å². The van der Waals surface area contributed by atoms with E-state index in [1.165, 1.54) is 38.5 Å². The van der Waals surface area contributed by atoms with E-state index in [1.807, 2.05) is 0 Å². The molecule has 0 aromatic heterocycles. The zero-order valence-corrected chi connectivity index (χ0v) is 18.3. The van der Waals surface area contributed by atoms with Gasteiger partial charge in [0.05, 0.1) is 13.2 Å². The molecule has 0 amide bonds. The van der Waals surface area contributed by atoms with Gasteiger partial charge in [-0.1, -0.05) is 56.7 Å². The molecule has 2 nitrogen and oxygen atoms in total. The maximum absolute atomic E-state index is 5.99. The second-order valence-corrected chi connectivity index (χ2v) is 9.44. The van der Waals surface area contributed by atoms with E-state index in [4.69, 9.17) is 4.74 Å². The fourth-order valence-corrected chi connectivity index (χ4v) is 6.68. The lowest BCUT2D eigenvalue weighted by Crippen LogP contribution is -2.40. The minimum Gasteiger partial charge on any atom is -0.376 e. The van der Waals surface area contributed by atoms with Crippen molar-refractivity contribution in [2.24, 2.45) is 17.3 Å². The first kappa shape index (κ1) is 20.2. The molecule has 0 spiro atoms. The third-order valence-corrected chi connectivity index (χ3v) is 8.38. The monoisotopic (exact) mass is 381 g/mol. The van der Waals surface area contributed by atoms with Gasteiger partial charge in [0, 0.05) is 6.54 Å². The lowest BCUT2D eigenvalue weighted by atomic mass is 9.55.